The van der Waals surface area contributed by atoms with Gasteiger partial charge < -0.3 is 9.97 Å². The van der Waals surface area contributed by atoms with E-state index in [1.165, 1.54) is 6.07 Å². The maximum Gasteiger partial charge on any atom is 3.00 e. The van der Waals surface area contributed by atoms with Crippen molar-refractivity contribution in [2.24, 2.45) is 0 Å². The third-order valence-corrected chi connectivity index (χ3v) is 8.05. The molecule has 9 rings (SSSR count). The Kier molecular flexibility index (Phi) is 6.21. The summed E-state index contributed by atoms with van der Waals surface area (Å²) in [6.45, 7) is 0. The zero-order chi connectivity index (χ0) is 31.1. The van der Waals surface area contributed by atoms with Gasteiger partial charge in [-0.3, -0.25) is 20.2 Å². The van der Waals surface area contributed by atoms with Gasteiger partial charge in [0.25, 0.3) is 0 Å². The molecule has 15 heteroatoms. The van der Waals surface area contributed by atoms with Crippen LogP contribution >= 0.6 is 0 Å². The second kappa shape index (κ2) is 10.4. The van der Waals surface area contributed by atoms with Crippen LogP contribution < -0.4 is 0 Å². The van der Waals surface area contributed by atoms with Gasteiger partial charge in [0.2, 0.25) is 0 Å². The van der Waals surface area contributed by atoms with Crippen LogP contribution in [0, 0.1) is 20.2 Å². The molecule has 2 N–H and O–H groups in total. The van der Waals surface area contributed by atoms with E-state index in [4.69, 9.17) is 29.9 Å². The van der Waals surface area contributed by atoms with Crippen molar-refractivity contribution in [2.45, 2.75) is 0 Å². The topological polar surface area (TPSA) is 195 Å². The van der Waals surface area contributed by atoms with E-state index < -0.39 is 21.2 Å². The van der Waals surface area contributed by atoms with Crippen LogP contribution in [0.5, 0.6) is 0 Å². The van der Waals surface area contributed by atoms with E-state index in [2.05, 4.69) is 9.97 Å². The van der Waals surface area contributed by atoms with Crippen LogP contribution in [0.4, 0.5) is 11.4 Å². The Morgan fingerprint density at radius 3 is 1.32 bits per heavy atom. The predicted molar refractivity (Wildman–Crippen MR) is 169 cm³/mol. The fraction of sp³-hybridized carbons (Fsp3) is 0. The van der Waals surface area contributed by atoms with Crippen molar-refractivity contribution in [1.82, 2.24) is 39.9 Å². The zero-order valence-electron chi connectivity index (χ0n) is 23.6. The number of hydrogen-bond donors (Lipinski definition) is 2. The Hall–Kier alpha value is -6.32. The van der Waals surface area contributed by atoms with E-state index in [0.29, 0.717) is 45.5 Å². The molecule has 5 heterocycles. The van der Waals surface area contributed by atoms with Gasteiger partial charge in [-0.2, -0.15) is 0 Å². The van der Waals surface area contributed by atoms with Crippen molar-refractivity contribution in [2.75, 3.05) is 0 Å². The average molecular weight is 795 g/mol. The van der Waals surface area contributed by atoms with Crippen LogP contribution in [0.25, 0.3) is 89.7 Å². The number of nitro groups is 2. The van der Waals surface area contributed by atoms with E-state index in [-0.39, 0.29) is 47.7 Å². The number of aromatic amines is 2. The molecule has 14 nitrogen and oxygen atoms in total. The number of benzene rings is 4. The minimum Gasteiger partial charge on any atom is -0.324 e. The summed E-state index contributed by atoms with van der Waals surface area (Å²) in [7, 11) is 0. The number of nitro benzene ring substituents is 2. The molecule has 0 saturated heterocycles. The summed E-state index contributed by atoms with van der Waals surface area (Å²) in [6, 6.07) is 25.0. The Morgan fingerprint density at radius 2 is 0.872 bits per heavy atom. The van der Waals surface area contributed by atoms with Crippen molar-refractivity contribution in [3.63, 3.8) is 0 Å². The zero-order valence-corrected chi connectivity index (χ0v) is 26.2. The fourth-order valence-electron chi connectivity index (χ4n) is 6.03. The van der Waals surface area contributed by atoms with Crippen molar-refractivity contribution in [3.8, 4) is 45.6 Å². The Balaban J connectivity index is 0.00000324. The van der Waals surface area contributed by atoms with Gasteiger partial charge in [-0.25, -0.2) is 29.9 Å². The fourth-order valence-corrected chi connectivity index (χ4v) is 6.03. The molecule has 4 aromatic carbocycles. The molecule has 8 bridgehead atoms. The first-order chi connectivity index (χ1) is 22.4. The predicted octanol–water partition coefficient (Wildman–Crippen LogP) is 6.68. The number of nitrogens with one attached hydrogen (secondary N) is 2. The maximum absolute atomic E-state index is 12.4. The summed E-state index contributed by atoms with van der Waals surface area (Å²) in [4.78, 5) is 58.0. The molecule has 0 spiro atoms. The first-order valence-electron chi connectivity index (χ1n) is 14.0. The molecule has 7 aromatic rings. The second-order valence-electron chi connectivity index (χ2n) is 10.6. The summed E-state index contributed by atoms with van der Waals surface area (Å²) < 4.78 is 0. The second-order valence-corrected chi connectivity index (χ2v) is 10.6. The van der Waals surface area contributed by atoms with Gasteiger partial charge in [0.1, 0.15) is 28.0 Å². The van der Waals surface area contributed by atoms with Gasteiger partial charge in [-0.1, -0.05) is 72.8 Å². The van der Waals surface area contributed by atoms with E-state index in [1.807, 2.05) is 72.8 Å². The van der Waals surface area contributed by atoms with Gasteiger partial charge in [-0.05, 0) is 6.07 Å². The van der Waals surface area contributed by atoms with Gasteiger partial charge in [0.15, 0.2) is 23.3 Å². The Labute approximate surface area is 275 Å². The van der Waals surface area contributed by atoms with Gasteiger partial charge in [0, 0.05) is 44.5 Å². The first kappa shape index (κ1) is 28.2. The summed E-state index contributed by atoms with van der Waals surface area (Å²) in [5.74, 6) is 1.29. The standard InChI is InChI=1S/C32H16N10O4.Os/c43-41(44)22-14-13-21-23(24(22)42(45)46)32-39-30-20-12-6-5-11-19(20)28(37-30)35-26-16-8-2-1-7-15(16)25(33-26)34-27-17-9-3-4-10-18(17)29(36-27)38-31(21)40-32;/h1-14H,(H2,33,34,35,36,37,38,39,40);/q;+3. The van der Waals surface area contributed by atoms with E-state index in [9.17, 15) is 20.2 Å². The molecule has 0 atom stereocenters. The number of rotatable bonds is 2. The van der Waals surface area contributed by atoms with Gasteiger partial charge in [-0.15, -0.1) is 0 Å². The largest absolute Gasteiger partial charge is 3.00 e. The quantitative estimate of drug-likeness (QED) is 0.141. The minimum atomic E-state index is -0.789. The number of H-pyrrole nitrogens is 2. The molecule has 1 radical (unpaired) electrons. The van der Waals surface area contributed by atoms with Crippen molar-refractivity contribution >= 4 is 55.5 Å². The van der Waals surface area contributed by atoms with Crippen LogP contribution in [0.15, 0.2) is 84.9 Å². The van der Waals surface area contributed by atoms with Gasteiger partial charge >= 0.3 is 31.2 Å². The molecule has 0 unspecified atom stereocenters. The average Bonchev–Trinajstić information content (AvgIpc) is 3.80. The third kappa shape index (κ3) is 4.21. The molecular formula is C32H16N10O4Os+3. The van der Waals surface area contributed by atoms with Crippen molar-refractivity contribution in [3.05, 3.63) is 105 Å². The van der Waals surface area contributed by atoms with Crippen LogP contribution in [-0.2, 0) is 19.8 Å². The first-order valence-corrected chi connectivity index (χ1v) is 14.0. The van der Waals surface area contributed by atoms with E-state index in [0.717, 1.165) is 22.4 Å². The molecule has 0 aliphatic carbocycles. The molecule has 0 amide bonds. The minimum absolute atomic E-state index is 0. The van der Waals surface area contributed by atoms with Crippen LogP contribution in [0.3, 0.4) is 0 Å². The van der Waals surface area contributed by atoms with Crippen LogP contribution in [-0.4, -0.2) is 49.7 Å². The Bertz CT molecular complexity index is 2680. The maximum atomic E-state index is 12.4. The molecular weight excluding hydrogens is 779 g/mol. The summed E-state index contributed by atoms with van der Waals surface area (Å²) in [6.07, 6.45) is 0. The number of aromatic nitrogens is 8. The molecule has 0 fully saturated rings. The van der Waals surface area contributed by atoms with Crippen molar-refractivity contribution in [1.29, 1.82) is 0 Å². The third-order valence-electron chi connectivity index (χ3n) is 8.05. The van der Waals surface area contributed by atoms with Gasteiger partial charge in [0.05, 0.1) is 9.85 Å². The summed E-state index contributed by atoms with van der Waals surface area (Å²) >= 11 is 0. The SMILES string of the molecule is O=[N+]([O-])c1ccc2c3nc4nc(nc5[nH]c(nc6nc(nc([nH]3)c2c1[N+](=O)[O-])-c1ccccc1-6)c1ccccc51)-c1ccccc1-4.[Os+3]. The summed E-state index contributed by atoms with van der Waals surface area (Å²) in [5.41, 5.74) is 2.61. The van der Waals surface area contributed by atoms with E-state index >= 15 is 0 Å². The number of fused-ring (bicyclic) bond motifs is 20. The molecule has 0 saturated carbocycles. The van der Waals surface area contributed by atoms with E-state index in [1.54, 1.807) is 0 Å². The molecule has 47 heavy (non-hydrogen) atoms. The summed E-state index contributed by atoms with van der Waals surface area (Å²) in [5, 5.41) is 26.1. The number of nitrogens with zero attached hydrogens (tertiary/aromatic N) is 8. The normalized spacial score (nSPS) is 11.6. The molecule has 3 aromatic heterocycles. The smallest absolute Gasteiger partial charge is 0.324 e. The Morgan fingerprint density at radius 1 is 0.468 bits per heavy atom. The molecule has 2 aliphatic rings. The molecule has 2 aliphatic heterocycles. The van der Waals surface area contributed by atoms with Crippen LogP contribution in [0.2, 0.25) is 0 Å². The number of hydrogen-bond acceptors (Lipinski definition) is 10. The monoisotopic (exact) mass is 796 g/mol. The van der Waals surface area contributed by atoms with Crippen molar-refractivity contribution < 1.29 is 29.6 Å². The van der Waals surface area contributed by atoms with Crippen LogP contribution in [0.1, 0.15) is 0 Å². The molecule has 223 valence electrons.